The van der Waals surface area contributed by atoms with E-state index in [2.05, 4.69) is 21.4 Å². The van der Waals surface area contributed by atoms with Crippen LogP contribution >= 0.6 is 0 Å². The van der Waals surface area contributed by atoms with E-state index < -0.39 is 0 Å². The molecule has 1 aliphatic heterocycles. The molecule has 4 rings (SSSR count). The van der Waals surface area contributed by atoms with Crippen molar-refractivity contribution in [3.63, 3.8) is 0 Å². The average Bonchev–Trinajstić information content (AvgIpc) is 3.00. The summed E-state index contributed by atoms with van der Waals surface area (Å²) in [4.78, 5) is 8.83. The molecule has 1 aliphatic rings. The van der Waals surface area contributed by atoms with E-state index in [0.717, 1.165) is 30.3 Å². The molecule has 0 radical (unpaired) electrons. The minimum absolute atomic E-state index is 0.194. The molecule has 104 valence electrons. The number of nitrogens with one attached hydrogen (secondary N) is 1. The molecule has 3 aromatic rings. The van der Waals surface area contributed by atoms with E-state index in [9.17, 15) is 0 Å². The summed E-state index contributed by atoms with van der Waals surface area (Å²) >= 11 is 0. The van der Waals surface area contributed by atoms with Gasteiger partial charge in [-0.05, 0) is 18.1 Å². The first kappa shape index (κ1) is 12.1. The van der Waals surface area contributed by atoms with E-state index in [1.54, 1.807) is 6.20 Å². The van der Waals surface area contributed by atoms with Gasteiger partial charge < -0.3 is 5.32 Å². The van der Waals surface area contributed by atoms with Gasteiger partial charge in [0.25, 0.3) is 0 Å². The number of pyridine rings is 1. The summed E-state index contributed by atoms with van der Waals surface area (Å²) < 4.78 is 1.98. The topological polar surface area (TPSA) is 55.6 Å². The third-order valence-electron chi connectivity index (χ3n) is 3.73. The number of hydrogen-bond acceptors (Lipinski definition) is 4. The highest BCUT2D eigenvalue weighted by atomic mass is 15.4. The lowest BCUT2D eigenvalue weighted by atomic mass is 10.1. The fourth-order valence-corrected chi connectivity index (χ4v) is 2.69. The Morgan fingerprint density at radius 1 is 1.10 bits per heavy atom. The maximum Gasteiger partial charge on any atom is 0.222 e. The van der Waals surface area contributed by atoms with Gasteiger partial charge in [-0.1, -0.05) is 36.4 Å². The monoisotopic (exact) mass is 277 g/mol. The molecule has 21 heavy (non-hydrogen) atoms. The molecule has 1 atom stereocenters. The minimum atomic E-state index is 0.194. The maximum absolute atomic E-state index is 4.69. The van der Waals surface area contributed by atoms with Gasteiger partial charge in [-0.2, -0.15) is 4.98 Å². The van der Waals surface area contributed by atoms with E-state index in [0.29, 0.717) is 0 Å². The smallest absolute Gasteiger partial charge is 0.222 e. The highest BCUT2D eigenvalue weighted by Gasteiger charge is 2.24. The van der Waals surface area contributed by atoms with Crippen LogP contribution in [0.15, 0.2) is 54.9 Å². The third-order valence-corrected chi connectivity index (χ3v) is 3.73. The van der Waals surface area contributed by atoms with Crippen LogP contribution in [0.5, 0.6) is 0 Å². The second kappa shape index (κ2) is 5.01. The van der Waals surface area contributed by atoms with Crippen molar-refractivity contribution in [1.29, 1.82) is 0 Å². The molecule has 1 aromatic carbocycles. The predicted molar refractivity (Wildman–Crippen MR) is 80.9 cm³/mol. The molecule has 3 heterocycles. The van der Waals surface area contributed by atoms with Crippen LogP contribution in [0.2, 0.25) is 0 Å². The Hall–Kier alpha value is -2.69. The van der Waals surface area contributed by atoms with Crippen molar-refractivity contribution < 1.29 is 0 Å². The Balaban J connectivity index is 1.77. The molecule has 1 N–H and O–H groups in total. The van der Waals surface area contributed by atoms with Crippen LogP contribution in [-0.4, -0.2) is 26.3 Å². The lowest BCUT2D eigenvalue weighted by Crippen LogP contribution is -2.24. The van der Waals surface area contributed by atoms with Crippen LogP contribution in [0.4, 0.5) is 5.95 Å². The van der Waals surface area contributed by atoms with Gasteiger partial charge >= 0.3 is 0 Å². The zero-order valence-electron chi connectivity index (χ0n) is 11.5. The van der Waals surface area contributed by atoms with E-state index in [-0.39, 0.29) is 6.04 Å². The summed E-state index contributed by atoms with van der Waals surface area (Å²) in [6.07, 6.45) is 4.68. The molecule has 0 bridgehead atoms. The second-order valence-corrected chi connectivity index (χ2v) is 5.09. The molecule has 0 fully saturated rings. The van der Waals surface area contributed by atoms with Gasteiger partial charge in [0.1, 0.15) is 0 Å². The van der Waals surface area contributed by atoms with E-state index in [4.69, 9.17) is 5.10 Å². The molecule has 2 aromatic heterocycles. The molecular weight excluding hydrogens is 262 g/mol. The predicted octanol–water partition coefficient (Wildman–Crippen LogP) is 2.75. The standard InChI is InChI=1S/C16H15N5/c1-2-5-12(6-3-1)15-19-16-18-10-8-14(21(16)20-15)13-7-4-9-17-11-13/h1-7,9,11,14H,8,10H2,(H,18,19,20). The van der Waals surface area contributed by atoms with Crippen LogP contribution in [0.1, 0.15) is 18.0 Å². The number of rotatable bonds is 2. The fourth-order valence-electron chi connectivity index (χ4n) is 2.69. The normalized spacial score (nSPS) is 17.0. The Kier molecular flexibility index (Phi) is 2.88. The fraction of sp³-hybridized carbons (Fsp3) is 0.188. The van der Waals surface area contributed by atoms with Crippen LogP contribution in [0, 0.1) is 0 Å². The highest BCUT2D eigenvalue weighted by molar-refractivity contribution is 5.56. The zero-order valence-corrected chi connectivity index (χ0v) is 11.5. The molecular formula is C16H15N5. The Morgan fingerprint density at radius 3 is 2.81 bits per heavy atom. The first-order valence-corrected chi connectivity index (χ1v) is 7.07. The zero-order chi connectivity index (χ0) is 14.1. The van der Waals surface area contributed by atoms with Gasteiger partial charge in [-0.3, -0.25) is 4.98 Å². The van der Waals surface area contributed by atoms with Crippen molar-refractivity contribution in [1.82, 2.24) is 19.7 Å². The first-order valence-electron chi connectivity index (χ1n) is 7.07. The molecule has 0 amide bonds. The first-order chi connectivity index (χ1) is 10.4. The summed E-state index contributed by atoms with van der Waals surface area (Å²) in [7, 11) is 0. The number of hydrogen-bond donors (Lipinski definition) is 1. The van der Waals surface area contributed by atoms with Crippen LogP contribution in [-0.2, 0) is 0 Å². The van der Waals surface area contributed by atoms with Gasteiger partial charge in [-0.15, -0.1) is 5.10 Å². The second-order valence-electron chi connectivity index (χ2n) is 5.09. The van der Waals surface area contributed by atoms with Crippen LogP contribution in [0.3, 0.4) is 0 Å². The van der Waals surface area contributed by atoms with Crippen molar-refractivity contribution in [2.75, 3.05) is 11.9 Å². The average molecular weight is 277 g/mol. The van der Waals surface area contributed by atoms with Crippen molar-refractivity contribution in [2.24, 2.45) is 0 Å². The van der Waals surface area contributed by atoms with E-state index >= 15 is 0 Å². The molecule has 1 unspecified atom stereocenters. The summed E-state index contributed by atoms with van der Waals surface area (Å²) in [6.45, 7) is 0.895. The van der Waals surface area contributed by atoms with Crippen LogP contribution in [0.25, 0.3) is 11.4 Å². The maximum atomic E-state index is 4.69. The Bertz CT molecular complexity index is 736. The number of anilines is 1. The molecule has 0 spiro atoms. The van der Waals surface area contributed by atoms with Gasteiger partial charge in [0, 0.05) is 24.5 Å². The largest absolute Gasteiger partial charge is 0.354 e. The lowest BCUT2D eigenvalue weighted by molar-refractivity contribution is 0.480. The quantitative estimate of drug-likeness (QED) is 0.782. The number of fused-ring (bicyclic) bond motifs is 1. The van der Waals surface area contributed by atoms with Crippen molar-refractivity contribution in [3.05, 3.63) is 60.4 Å². The minimum Gasteiger partial charge on any atom is -0.354 e. The van der Waals surface area contributed by atoms with Gasteiger partial charge in [0.05, 0.1) is 6.04 Å². The van der Waals surface area contributed by atoms with Gasteiger partial charge in [0.15, 0.2) is 5.82 Å². The highest BCUT2D eigenvalue weighted by Crippen LogP contribution is 2.29. The molecule has 0 aliphatic carbocycles. The summed E-state index contributed by atoms with van der Waals surface area (Å²) in [6, 6.07) is 14.3. The third kappa shape index (κ3) is 2.16. The summed E-state index contributed by atoms with van der Waals surface area (Å²) in [5.74, 6) is 1.59. The molecule has 0 saturated heterocycles. The van der Waals surface area contributed by atoms with E-state index in [1.807, 2.05) is 47.3 Å². The number of benzene rings is 1. The number of aromatic nitrogens is 4. The van der Waals surface area contributed by atoms with E-state index in [1.165, 1.54) is 5.56 Å². The van der Waals surface area contributed by atoms with Gasteiger partial charge in [0.2, 0.25) is 5.95 Å². The van der Waals surface area contributed by atoms with Crippen molar-refractivity contribution in [2.45, 2.75) is 12.5 Å². The van der Waals surface area contributed by atoms with Crippen molar-refractivity contribution >= 4 is 5.95 Å². The summed E-state index contributed by atoms with van der Waals surface area (Å²) in [5.41, 5.74) is 2.20. The van der Waals surface area contributed by atoms with Gasteiger partial charge in [-0.25, -0.2) is 4.68 Å². The van der Waals surface area contributed by atoms with Crippen LogP contribution < -0.4 is 5.32 Å². The SMILES string of the molecule is c1ccc(-c2nc3n(n2)C(c2cccnc2)CCN3)cc1. The Labute approximate surface area is 122 Å². The number of nitrogens with zero attached hydrogens (tertiary/aromatic N) is 4. The molecule has 0 saturated carbocycles. The molecule has 5 nitrogen and oxygen atoms in total. The van der Waals surface area contributed by atoms with Crippen molar-refractivity contribution in [3.8, 4) is 11.4 Å². The molecule has 5 heteroatoms. The lowest BCUT2D eigenvalue weighted by Gasteiger charge is -2.24. The summed E-state index contributed by atoms with van der Waals surface area (Å²) in [5, 5.41) is 8.02. The Morgan fingerprint density at radius 2 is 2.00 bits per heavy atom.